The normalized spacial score (nSPS) is 16.9. The van der Waals surface area contributed by atoms with Gasteiger partial charge in [0.05, 0.1) is 24.0 Å². The Hall–Kier alpha value is -4.11. The summed E-state index contributed by atoms with van der Waals surface area (Å²) in [6.45, 7) is 5.58. The number of pyridine rings is 1. The Morgan fingerprint density at radius 1 is 1.17 bits per heavy atom. The van der Waals surface area contributed by atoms with Gasteiger partial charge in [0.15, 0.2) is 0 Å². The van der Waals surface area contributed by atoms with Crippen LogP contribution in [0, 0.1) is 5.41 Å². The predicted octanol–water partition coefficient (Wildman–Crippen LogP) is 4.28. The third-order valence-corrected chi connectivity index (χ3v) is 8.81. The molecule has 4 aromatic rings. The average Bonchev–Trinajstić information content (AvgIpc) is 3.58. The summed E-state index contributed by atoms with van der Waals surface area (Å²) in [5.41, 5.74) is 1.14. The Balaban J connectivity index is 1.46. The quantitative estimate of drug-likeness (QED) is 0.337. The number of anilines is 1. The Morgan fingerprint density at radius 3 is 2.54 bits per heavy atom. The first kappa shape index (κ1) is 28.4. The molecule has 5 rings (SSSR count). The summed E-state index contributed by atoms with van der Waals surface area (Å²) >= 11 is 0. The minimum atomic E-state index is -4.12. The summed E-state index contributed by atoms with van der Waals surface area (Å²) in [6.07, 6.45) is -0.677. The van der Waals surface area contributed by atoms with Crippen LogP contribution in [0.4, 0.5) is 19.3 Å². The Morgan fingerprint density at radius 2 is 1.90 bits per heavy atom. The van der Waals surface area contributed by atoms with E-state index >= 15 is 0 Å². The molecule has 0 spiro atoms. The van der Waals surface area contributed by atoms with Crippen LogP contribution in [-0.2, 0) is 16.8 Å². The van der Waals surface area contributed by atoms with Gasteiger partial charge in [-0.3, -0.25) is 4.31 Å². The van der Waals surface area contributed by atoms with Gasteiger partial charge in [-0.15, -0.1) is 10.2 Å². The second kappa shape index (κ2) is 10.7. The largest absolute Gasteiger partial charge is 0.465 e. The van der Waals surface area contributed by atoms with Gasteiger partial charge in [-0.1, -0.05) is 39.0 Å². The van der Waals surface area contributed by atoms with Crippen molar-refractivity contribution in [1.82, 2.24) is 28.8 Å². The van der Waals surface area contributed by atoms with E-state index in [1.165, 1.54) is 13.5 Å². The molecule has 12 nitrogen and oxygen atoms in total. The number of carboxylic acid groups (broad SMARTS) is 1. The number of fused-ring (bicyclic) bond motifs is 1. The maximum atomic E-state index is 14.1. The van der Waals surface area contributed by atoms with Crippen LogP contribution in [0.2, 0.25) is 0 Å². The molecule has 1 aromatic carbocycles. The summed E-state index contributed by atoms with van der Waals surface area (Å²) in [5, 5.41) is 16.7. The Labute approximate surface area is 235 Å². The minimum absolute atomic E-state index is 0.000775. The van der Waals surface area contributed by atoms with Crippen LogP contribution in [0.1, 0.15) is 38.8 Å². The van der Waals surface area contributed by atoms with E-state index < -0.39 is 40.1 Å². The third kappa shape index (κ3) is 5.72. The number of piperazine rings is 1. The number of carbonyl (C=O) groups is 1. The number of halogens is 2. The van der Waals surface area contributed by atoms with E-state index in [0.29, 0.717) is 22.6 Å². The SMILES string of the molecule is CC(C)(C)C1CN(S(=O)(=O)N(Cc2cn3ccc(-c4nnc(C(F)F)o4)cc3n2)c2ccccc2)CCN1C(=O)O. The van der Waals surface area contributed by atoms with Crippen LogP contribution >= 0.6 is 0 Å². The fraction of sp³-hybridized carbons (Fsp3) is 0.385. The van der Waals surface area contributed by atoms with E-state index in [-0.39, 0.29) is 32.1 Å². The van der Waals surface area contributed by atoms with E-state index in [9.17, 15) is 27.1 Å². The molecule has 1 unspecified atom stereocenters. The van der Waals surface area contributed by atoms with Crippen molar-refractivity contribution >= 4 is 27.6 Å². The van der Waals surface area contributed by atoms with Crippen LogP contribution in [0.5, 0.6) is 0 Å². The molecule has 0 saturated carbocycles. The lowest BCUT2D eigenvalue weighted by Crippen LogP contribution is -2.62. The second-order valence-electron chi connectivity index (χ2n) is 10.7. The topological polar surface area (TPSA) is 137 Å². The van der Waals surface area contributed by atoms with Gasteiger partial charge in [0.25, 0.3) is 5.89 Å². The minimum Gasteiger partial charge on any atom is -0.465 e. The van der Waals surface area contributed by atoms with Crippen LogP contribution in [-0.4, -0.2) is 74.1 Å². The van der Waals surface area contributed by atoms with Crippen molar-refractivity contribution in [3.05, 3.63) is 66.4 Å². The standard InChI is InChI=1S/C26H29F2N7O5S/c1-26(2,3)20-16-33(11-12-34(20)25(36)37)41(38,39)35(19-7-5-4-6-8-19)15-18-14-32-10-9-17(13-21(32)29-18)23-30-31-24(40-23)22(27)28/h4-10,13-14,20,22H,11-12,15-16H2,1-3H3,(H,36,37). The van der Waals surface area contributed by atoms with Crippen molar-refractivity contribution < 1.29 is 31.5 Å². The summed E-state index contributed by atoms with van der Waals surface area (Å²) in [7, 11) is -4.12. The molecular formula is C26H29F2N7O5S. The summed E-state index contributed by atoms with van der Waals surface area (Å²) < 4.78 is 63.3. The molecule has 218 valence electrons. The van der Waals surface area contributed by atoms with Crippen LogP contribution < -0.4 is 4.31 Å². The molecule has 1 aliphatic rings. The van der Waals surface area contributed by atoms with Crippen molar-refractivity contribution in [2.45, 2.75) is 39.8 Å². The highest BCUT2D eigenvalue weighted by molar-refractivity contribution is 7.90. The molecule has 1 atom stereocenters. The second-order valence-corrected chi connectivity index (χ2v) is 12.6. The molecule has 1 N–H and O–H groups in total. The van der Waals surface area contributed by atoms with Crippen LogP contribution in [0.3, 0.4) is 0 Å². The smallest absolute Gasteiger partial charge is 0.407 e. The highest BCUT2D eigenvalue weighted by atomic mass is 32.2. The van der Waals surface area contributed by atoms with Gasteiger partial charge in [-0.05, 0) is 29.7 Å². The van der Waals surface area contributed by atoms with Gasteiger partial charge in [0, 0.05) is 37.6 Å². The van der Waals surface area contributed by atoms with Gasteiger partial charge >= 0.3 is 22.7 Å². The van der Waals surface area contributed by atoms with Gasteiger partial charge < -0.3 is 18.8 Å². The number of hydrogen-bond acceptors (Lipinski definition) is 7. The molecule has 41 heavy (non-hydrogen) atoms. The molecular weight excluding hydrogens is 560 g/mol. The maximum absolute atomic E-state index is 14.1. The van der Waals surface area contributed by atoms with Crippen LogP contribution in [0.25, 0.3) is 17.1 Å². The monoisotopic (exact) mass is 589 g/mol. The zero-order chi connectivity index (χ0) is 29.5. The molecule has 4 heterocycles. The highest BCUT2D eigenvalue weighted by Crippen LogP contribution is 2.31. The zero-order valence-electron chi connectivity index (χ0n) is 22.6. The van der Waals surface area contributed by atoms with E-state index in [1.807, 2.05) is 20.8 Å². The molecule has 3 aromatic heterocycles. The summed E-state index contributed by atoms with van der Waals surface area (Å²) in [6, 6.07) is 11.2. The van der Waals surface area contributed by atoms with Gasteiger partial charge in [0.1, 0.15) is 5.65 Å². The lowest BCUT2D eigenvalue weighted by molar-refractivity contribution is 0.0457. The van der Waals surface area contributed by atoms with E-state index in [1.54, 1.807) is 59.3 Å². The number of rotatable bonds is 7. The van der Waals surface area contributed by atoms with Gasteiger partial charge in [-0.2, -0.15) is 21.5 Å². The first-order valence-corrected chi connectivity index (χ1v) is 14.2. The van der Waals surface area contributed by atoms with E-state index in [2.05, 4.69) is 15.2 Å². The molecule has 15 heteroatoms. The van der Waals surface area contributed by atoms with E-state index in [0.717, 1.165) is 0 Å². The number of aromatic nitrogens is 4. The Kier molecular flexibility index (Phi) is 7.42. The number of imidazole rings is 1. The number of para-hydroxylation sites is 1. The predicted molar refractivity (Wildman–Crippen MR) is 145 cm³/mol. The van der Waals surface area contributed by atoms with Crippen molar-refractivity contribution in [2.24, 2.45) is 5.41 Å². The molecule has 0 radical (unpaired) electrons. The zero-order valence-corrected chi connectivity index (χ0v) is 23.4. The highest BCUT2D eigenvalue weighted by Gasteiger charge is 2.43. The maximum Gasteiger partial charge on any atom is 0.407 e. The summed E-state index contributed by atoms with van der Waals surface area (Å²) in [4.78, 5) is 17.8. The summed E-state index contributed by atoms with van der Waals surface area (Å²) in [5.74, 6) is -0.875. The van der Waals surface area contributed by atoms with Crippen molar-refractivity contribution in [3.8, 4) is 11.5 Å². The molecule has 0 bridgehead atoms. The molecule has 1 fully saturated rings. The first-order valence-electron chi connectivity index (χ1n) is 12.8. The molecule has 1 saturated heterocycles. The number of nitrogens with zero attached hydrogens (tertiary/aromatic N) is 7. The number of hydrogen-bond donors (Lipinski definition) is 1. The Bertz CT molecular complexity index is 1650. The molecule has 1 amide bonds. The number of alkyl halides is 2. The first-order chi connectivity index (χ1) is 19.3. The average molecular weight is 590 g/mol. The fourth-order valence-electron chi connectivity index (χ4n) is 4.81. The van der Waals surface area contributed by atoms with Gasteiger partial charge in [-0.25, -0.2) is 9.78 Å². The number of amides is 1. The van der Waals surface area contributed by atoms with Gasteiger partial charge in [0.2, 0.25) is 5.89 Å². The third-order valence-electron chi connectivity index (χ3n) is 6.93. The van der Waals surface area contributed by atoms with E-state index in [4.69, 9.17) is 4.42 Å². The number of benzene rings is 1. The molecule has 0 aliphatic carbocycles. The van der Waals surface area contributed by atoms with Crippen LogP contribution in [0.15, 0.2) is 59.3 Å². The lowest BCUT2D eigenvalue weighted by atomic mass is 9.85. The molecule has 1 aliphatic heterocycles. The fourth-order valence-corrected chi connectivity index (χ4v) is 6.41. The van der Waals surface area contributed by atoms with Crippen molar-refractivity contribution in [1.29, 1.82) is 0 Å². The van der Waals surface area contributed by atoms with Crippen molar-refractivity contribution in [2.75, 3.05) is 23.9 Å². The lowest BCUT2D eigenvalue weighted by Gasteiger charge is -2.46. The van der Waals surface area contributed by atoms with Crippen molar-refractivity contribution in [3.63, 3.8) is 0 Å².